The number of ether oxygens (including phenoxy) is 1. The first-order chi connectivity index (χ1) is 9.38. The van der Waals surface area contributed by atoms with E-state index in [1.807, 2.05) is 0 Å². The largest absolute Gasteiger partial charge is 0.466 e. The molecule has 0 saturated carbocycles. The number of carbonyl (C=O) groups is 1. The van der Waals surface area contributed by atoms with Crippen molar-refractivity contribution in [3.63, 3.8) is 0 Å². The number of nitro groups is 1. The van der Waals surface area contributed by atoms with Gasteiger partial charge >= 0.3 is 5.97 Å². The highest BCUT2D eigenvalue weighted by Gasteiger charge is 2.26. The molecule has 2 N–H and O–H groups in total. The van der Waals surface area contributed by atoms with E-state index in [1.165, 1.54) is 25.1 Å². The molecule has 1 aromatic rings. The number of esters is 1. The van der Waals surface area contributed by atoms with Crippen molar-refractivity contribution in [2.45, 2.75) is 32.5 Å². The third-order valence-electron chi connectivity index (χ3n) is 2.91. The van der Waals surface area contributed by atoms with Gasteiger partial charge in [-0.3, -0.25) is 14.9 Å². The molecule has 7 heteroatoms. The summed E-state index contributed by atoms with van der Waals surface area (Å²) in [5.74, 6) is -0.637. The van der Waals surface area contributed by atoms with Crippen LogP contribution in [-0.4, -0.2) is 33.8 Å². The Morgan fingerprint density at radius 3 is 2.65 bits per heavy atom. The van der Waals surface area contributed by atoms with Gasteiger partial charge in [-0.15, -0.1) is 0 Å². The summed E-state index contributed by atoms with van der Waals surface area (Å²) in [6, 6.07) is 4.20. The van der Waals surface area contributed by atoms with Crippen LogP contribution in [0.15, 0.2) is 18.2 Å². The van der Waals surface area contributed by atoms with Crippen molar-refractivity contribution in [3.05, 3.63) is 39.4 Å². The molecule has 0 heterocycles. The maximum absolute atomic E-state index is 11.2. The zero-order valence-corrected chi connectivity index (χ0v) is 11.3. The number of rotatable bonds is 6. The first-order valence-corrected chi connectivity index (χ1v) is 6.14. The molecular weight excluding hydrogens is 266 g/mol. The van der Waals surface area contributed by atoms with Crippen molar-refractivity contribution in [2.75, 3.05) is 6.61 Å². The monoisotopic (exact) mass is 283 g/mol. The Hall–Kier alpha value is -1.99. The van der Waals surface area contributed by atoms with E-state index in [2.05, 4.69) is 4.74 Å². The van der Waals surface area contributed by atoms with Gasteiger partial charge in [0, 0.05) is 11.6 Å². The van der Waals surface area contributed by atoms with Crippen molar-refractivity contribution in [3.8, 4) is 0 Å². The predicted molar refractivity (Wildman–Crippen MR) is 70.1 cm³/mol. The van der Waals surface area contributed by atoms with Gasteiger partial charge in [-0.1, -0.05) is 12.1 Å². The summed E-state index contributed by atoms with van der Waals surface area (Å²) < 4.78 is 4.67. The third kappa shape index (κ3) is 3.75. The van der Waals surface area contributed by atoms with Crippen LogP contribution in [0.25, 0.3) is 0 Å². The van der Waals surface area contributed by atoms with Gasteiger partial charge < -0.3 is 14.9 Å². The van der Waals surface area contributed by atoms with E-state index < -0.39 is 23.1 Å². The van der Waals surface area contributed by atoms with Crippen LogP contribution >= 0.6 is 0 Å². The standard InChI is InChI=1S/C13H17NO6/c1-3-20-12(16)7-11(15)13(17)9-5-4-6-10(8(9)2)14(18)19/h4-6,11,13,15,17H,3,7H2,1-2H3. The van der Waals surface area contributed by atoms with E-state index in [4.69, 9.17) is 0 Å². The van der Waals surface area contributed by atoms with Gasteiger partial charge in [0.15, 0.2) is 0 Å². The lowest BCUT2D eigenvalue weighted by Gasteiger charge is -2.19. The number of nitro benzene ring substituents is 1. The first kappa shape index (κ1) is 16.1. The summed E-state index contributed by atoms with van der Waals surface area (Å²) in [7, 11) is 0. The van der Waals surface area contributed by atoms with Crippen molar-refractivity contribution in [1.29, 1.82) is 0 Å². The molecule has 0 radical (unpaired) electrons. The van der Waals surface area contributed by atoms with Crippen molar-refractivity contribution < 1.29 is 24.7 Å². The van der Waals surface area contributed by atoms with Crippen LogP contribution in [0.4, 0.5) is 5.69 Å². The van der Waals surface area contributed by atoms with Crippen LogP contribution < -0.4 is 0 Å². The highest BCUT2D eigenvalue weighted by atomic mass is 16.6. The minimum absolute atomic E-state index is 0.148. The fourth-order valence-corrected chi connectivity index (χ4v) is 1.87. The molecule has 1 rings (SSSR count). The molecule has 0 aromatic heterocycles. The summed E-state index contributed by atoms with van der Waals surface area (Å²) in [6.07, 6.45) is -3.15. The Morgan fingerprint density at radius 2 is 2.10 bits per heavy atom. The summed E-state index contributed by atoms with van der Waals surface area (Å²) in [5.41, 5.74) is 0.328. The quantitative estimate of drug-likeness (QED) is 0.462. The van der Waals surface area contributed by atoms with Crippen LogP contribution in [0.3, 0.4) is 0 Å². The minimum atomic E-state index is -1.39. The average Bonchev–Trinajstić information content (AvgIpc) is 2.38. The smallest absolute Gasteiger partial charge is 0.308 e. The van der Waals surface area contributed by atoms with E-state index >= 15 is 0 Å². The Bertz CT molecular complexity index is 502. The molecule has 0 bridgehead atoms. The lowest BCUT2D eigenvalue weighted by molar-refractivity contribution is -0.385. The van der Waals surface area contributed by atoms with Gasteiger partial charge in [0.05, 0.1) is 24.1 Å². The summed E-state index contributed by atoms with van der Waals surface area (Å²) >= 11 is 0. The van der Waals surface area contributed by atoms with Crippen molar-refractivity contribution in [1.82, 2.24) is 0 Å². The average molecular weight is 283 g/mol. The highest BCUT2D eigenvalue weighted by molar-refractivity contribution is 5.70. The molecule has 0 fully saturated rings. The van der Waals surface area contributed by atoms with E-state index in [9.17, 15) is 25.1 Å². The minimum Gasteiger partial charge on any atom is -0.466 e. The second kappa shape index (κ2) is 6.97. The molecule has 0 spiro atoms. The van der Waals surface area contributed by atoms with E-state index in [-0.39, 0.29) is 29.8 Å². The number of aliphatic hydroxyl groups excluding tert-OH is 2. The van der Waals surface area contributed by atoms with Crippen LogP contribution in [0.2, 0.25) is 0 Å². The van der Waals surface area contributed by atoms with Gasteiger partial charge in [0.25, 0.3) is 5.69 Å². The number of aliphatic hydroxyl groups is 2. The predicted octanol–water partition coefficient (Wildman–Crippen LogP) is 1.25. The highest BCUT2D eigenvalue weighted by Crippen LogP contribution is 2.28. The second-order valence-electron chi connectivity index (χ2n) is 4.27. The second-order valence-corrected chi connectivity index (χ2v) is 4.27. The number of hydrogen-bond donors (Lipinski definition) is 2. The SMILES string of the molecule is CCOC(=O)CC(O)C(O)c1cccc([N+](=O)[O-])c1C. The van der Waals surface area contributed by atoms with Crippen molar-refractivity contribution >= 4 is 11.7 Å². The molecular formula is C13H17NO6. The number of carbonyl (C=O) groups excluding carboxylic acids is 1. The van der Waals surface area contributed by atoms with E-state index in [0.29, 0.717) is 0 Å². The summed E-state index contributed by atoms with van der Waals surface area (Å²) in [6.45, 7) is 3.29. The molecule has 20 heavy (non-hydrogen) atoms. The molecule has 0 aliphatic heterocycles. The van der Waals surface area contributed by atoms with Crippen LogP contribution in [0.5, 0.6) is 0 Å². The maximum atomic E-state index is 11.2. The molecule has 2 unspecified atom stereocenters. The Morgan fingerprint density at radius 1 is 1.45 bits per heavy atom. The Balaban J connectivity index is 2.91. The molecule has 0 amide bonds. The lowest BCUT2D eigenvalue weighted by atomic mass is 9.97. The van der Waals surface area contributed by atoms with E-state index in [1.54, 1.807) is 6.92 Å². The first-order valence-electron chi connectivity index (χ1n) is 6.14. The van der Waals surface area contributed by atoms with Gasteiger partial charge in [-0.2, -0.15) is 0 Å². The van der Waals surface area contributed by atoms with Crippen LogP contribution in [0.1, 0.15) is 30.6 Å². The number of hydrogen-bond acceptors (Lipinski definition) is 6. The molecule has 0 saturated heterocycles. The Labute approximate surface area is 116 Å². The fourth-order valence-electron chi connectivity index (χ4n) is 1.87. The fraction of sp³-hybridized carbons (Fsp3) is 0.462. The Kier molecular flexibility index (Phi) is 5.60. The number of benzene rings is 1. The normalized spacial score (nSPS) is 13.6. The van der Waals surface area contributed by atoms with Crippen molar-refractivity contribution in [2.24, 2.45) is 0 Å². The molecule has 1 aromatic carbocycles. The molecule has 2 atom stereocenters. The lowest BCUT2D eigenvalue weighted by Crippen LogP contribution is -2.23. The molecule has 0 aliphatic rings. The van der Waals surface area contributed by atoms with Gasteiger partial charge in [-0.25, -0.2) is 0 Å². The van der Waals surface area contributed by atoms with E-state index in [0.717, 1.165) is 0 Å². The zero-order valence-electron chi connectivity index (χ0n) is 11.3. The van der Waals surface area contributed by atoms with Gasteiger partial charge in [0.2, 0.25) is 0 Å². The summed E-state index contributed by atoms with van der Waals surface area (Å²) in [5, 5.41) is 30.6. The van der Waals surface area contributed by atoms with Gasteiger partial charge in [-0.05, 0) is 19.4 Å². The third-order valence-corrected chi connectivity index (χ3v) is 2.91. The molecule has 0 aliphatic carbocycles. The van der Waals surface area contributed by atoms with Crippen LogP contribution in [-0.2, 0) is 9.53 Å². The summed E-state index contributed by atoms with van der Waals surface area (Å²) in [4.78, 5) is 21.5. The zero-order chi connectivity index (χ0) is 15.3. The topological polar surface area (TPSA) is 110 Å². The van der Waals surface area contributed by atoms with Crippen LogP contribution in [0, 0.1) is 17.0 Å². The molecule has 110 valence electrons. The number of nitrogens with zero attached hydrogens (tertiary/aromatic N) is 1. The van der Waals surface area contributed by atoms with Gasteiger partial charge in [0.1, 0.15) is 6.10 Å². The molecule has 7 nitrogen and oxygen atoms in total. The maximum Gasteiger partial charge on any atom is 0.308 e.